The van der Waals surface area contributed by atoms with Crippen molar-refractivity contribution in [2.45, 2.75) is 32.9 Å². The number of aromatic amines is 1. The van der Waals surface area contributed by atoms with E-state index >= 15 is 0 Å². The van der Waals surface area contributed by atoms with Crippen LogP contribution in [0.1, 0.15) is 19.4 Å². The Bertz CT molecular complexity index is 1200. The van der Waals surface area contributed by atoms with Gasteiger partial charge >= 0.3 is 24.1 Å². The van der Waals surface area contributed by atoms with E-state index < -0.39 is 36.1 Å². The summed E-state index contributed by atoms with van der Waals surface area (Å²) in [6.45, 7) is 2.84. The lowest BCUT2D eigenvalue weighted by molar-refractivity contribution is -0.290. The highest BCUT2D eigenvalue weighted by molar-refractivity contribution is 5.73. The van der Waals surface area contributed by atoms with E-state index in [2.05, 4.69) is 29.9 Å². The van der Waals surface area contributed by atoms with Gasteiger partial charge in [0.05, 0.1) is 5.41 Å². The lowest BCUT2D eigenvalue weighted by Gasteiger charge is -2.19. The molecule has 0 aliphatic heterocycles. The van der Waals surface area contributed by atoms with Crippen LogP contribution in [0.2, 0.25) is 0 Å². The first-order valence-corrected chi connectivity index (χ1v) is 9.99. The van der Waals surface area contributed by atoms with Crippen LogP contribution < -0.4 is 9.47 Å². The summed E-state index contributed by atoms with van der Waals surface area (Å²) < 4.78 is 72.5. The molecule has 0 saturated carbocycles. The lowest BCUT2D eigenvalue weighted by atomic mass is 9.95. The second-order valence-electron chi connectivity index (χ2n) is 8.20. The lowest BCUT2D eigenvalue weighted by Crippen LogP contribution is -2.41. The molecular formula is C21H20F5N5O4. The molecule has 3 rings (SSSR count). The van der Waals surface area contributed by atoms with E-state index in [1.54, 1.807) is 19.1 Å². The quantitative estimate of drug-likeness (QED) is 0.416. The third kappa shape index (κ3) is 6.00. The first-order chi connectivity index (χ1) is 16.2. The average Bonchev–Trinajstić information content (AvgIpc) is 3.25. The van der Waals surface area contributed by atoms with Crippen molar-refractivity contribution in [3.63, 3.8) is 0 Å². The number of carboxylic acid groups (broad SMARTS) is 1. The van der Waals surface area contributed by atoms with Crippen molar-refractivity contribution in [1.82, 2.24) is 25.1 Å². The Kier molecular flexibility index (Phi) is 6.94. The maximum absolute atomic E-state index is 13.0. The highest BCUT2D eigenvalue weighted by Crippen LogP contribution is 2.35. The van der Waals surface area contributed by atoms with Gasteiger partial charge in [-0.2, -0.15) is 26.9 Å². The number of pyridine rings is 2. The van der Waals surface area contributed by atoms with E-state index in [4.69, 9.17) is 9.84 Å². The number of rotatable bonds is 9. The highest BCUT2D eigenvalue weighted by atomic mass is 19.4. The van der Waals surface area contributed by atoms with Crippen molar-refractivity contribution in [1.29, 1.82) is 0 Å². The maximum atomic E-state index is 13.0. The zero-order valence-corrected chi connectivity index (χ0v) is 18.7. The number of carboxylic acids is 1. The smallest absolute Gasteiger partial charge is 0.456 e. The molecule has 0 unspecified atom stereocenters. The van der Waals surface area contributed by atoms with Crippen molar-refractivity contribution in [2.75, 3.05) is 13.2 Å². The third-order valence-electron chi connectivity index (χ3n) is 4.82. The fourth-order valence-corrected chi connectivity index (χ4v) is 2.58. The van der Waals surface area contributed by atoms with Gasteiger partial charge in [0.1, 0.15) is 12.3 Å². The topological polar surface area (TPSA) is 123 Å². The Morgan fingerprint density at radius 2 is 1.77 bits per heavy atom. The van der Waals surface area contributed by atoms with E-state index in [0.29, 0.717) is 11.1 Å². The molecule has 3 aromatic rings. The minimum atomic E-state index is -5.75. The van der Waals surface area contributed by atoms with Gasteiger partial charge in [0.15, 0.2) is 12.4 Å². The van der Waals surface area contributed by atoms with Gasteiger partial charge < -0.3 is 14.6 Å². The second-order valence-corrected chi connectivity index (χ2v) is 8.20. The van der Waals surface area contributed by atoms with E-state index in [1.807, 2.05) is 0 Å². The van der Waals surface area contributed by atoms with E-state index in [9.17, 15) is 26.7 Å². The first kappa shape index (κ1) is 25.8. The number of hydrogen-bond donors (Lipinski definition) is 2. The van der Waals surface area contributed by atoms with Gasteiger partial charge in [0.25, 0.3) is 0 Å². The molecule has 0 bridgehead atoms. The van der Waals surface area contributed by atoms with Gasteiger partial charge in [-0.25, -0.2) is 4.98 Å². The number of hydrogen-bond acceptors (Lipinski definition) is 7. The number of H-pyrrole nitrogens is 1. The van der Waals surface area contributed by atoms with Crippen LogP contribution in [0, 0.1) is 12.3 Å². The Labute approximate surface area is 195 Å². The number of alkyl halides is 5. The van der Waals surface area contributed by atoms with E-state index in [-0.39, 0.29) is 24.0 Å². The van der Waals surface area contributed by atoms with Crippen molar-refractivity contribution < 1.29 is 41.3 Å². The minimum absolute atomic E-state index is 0.00140. The molecule has 14 heteroatoms. The molecule has 0 atom stereocenters. The predicted octanol–water partition coefficient (Wildman–Crippen LogP) is 4.30. The third-order valence-corrected chi connectivity index (χ3v) is 4.82. The SMILES string of the molecule is Cc1cc(OCC(C)(C)C(=O)O)ncc1-c1ccc(-c2nc(OCC(F)(F)C(F)(F)F)n[nH]2)nc1. The van der Waals surface area contributed by atoms with Gasteiger partial charge in [-0.1, -0.05) is 6.07 Å². The fraction of sp³-hybridized carbons (Fsp3) is 0.381. The Hall–Kier alpha value is -3.84. The number of nitrogens with zero attached hydrogens (tertiary/aromatic N) is 4. The summed E-state index contributed by atoms with van der Waals surface area (Å²) in [7, 11) is 0. The summed E-state index contributed by atoms with van der Waals surface area (Å²) in [6, 6.07) is 4.17. The van der Waals surface area contributed by atoms with Gasteiger partial charge in [0, 0.05) is 29.6 Å². The largest absolute Gasteiger partial charge is 0.481 e. The molecule has 3 aromatic heterocycles. The van der Waals surface area contributed by atoms with Crippen LogP contribution in [-0.4, -0.2) is 61.5 Å². The van der Waals surface area contributed by atoms with Crippen molar-refractivity contribution in [2.24, 2.45) is 5.41 Å². The summed E-state index contributed by atoms with van der Waals surface area (Å²) in [5.41, 5.74) is 1.30. The molecule has 0 aliphatic rings. The van der Waals surface area contributed by atoms with Crippen LogP contribution in [0.15, 0.2) is 30.6 Å². The van der Waals surface area contributed by atoms with Crippen molar-refractivity contribution >= 4 is 5.97 Å². The summed E-state index contributed by atoms with van der Waals surface area (Å²) in [5, 5.41) is 15.0. The van der Waals surface area contributed by atoms with Crippen LogP contribution in [0.3, 0.4) is 0 Å². The Balaban J connectivity index is 1.68. The predicted molar refractivity (Wildman–Crippen MR) is 111 cm³/mol. The zero-order chi connectivity index (χ0) is 26.0. The van der Waals surface area contributed by atoms with Crippen LogP contribution in [0.25, 0.3) is 22.6 Å². The Morgan fingerprint density at radius 3 is 2.34 bits per heavy atom. The average molecular weight is 501 g/mol. The van der Waals surface area contributed by atoms with Crippen LogP contribution in [0.5, 0.6) is 11.9 Å². The summed E-state index contributed by atoms with van der Waals surface area (Å²) >= 11 is 0. The molecule has 2 N–H and O–H groups in total. The van der Waals surface area contributed by atoms with Crippen LogP contribution >= 0.6 is 0 Å². The fourth-order valence-electron chi connectivity index (χ4n) is 2.58. The molecular weight excluding hydrogens is 481 g/mol. The number of nitrogens with one attached hydrogen (secondary N) is 1. The van der Waals surface area contributed by atoms with Crippen molar-refractivity contribution in [3.05, 3.63) is 36.2 Å². The minimum Gasteiger partial charge on any atom is -0.481 e. The van der Waals surface area contributed by atoms with E-state index in [1.165, 1.54) is 32.3 Å². The number of aromatic nitrogens is 5. The van der Waals surface area contributed by atoms with Gasteiger partial charge in [-0.3, -0.25) is 14.9 Å². The molecule has 0 amide bonds. The van der Waals surface area contributed by atoms with Gasteiger partial charge in [0.2, 0.25) is 5.88 Å². The van der Waals surface area contributed by atoms with E-state index in [0.717, 1.165) is 5.56 Å². The molecule has 0 radical (unpaired) electrons. The molecule has 188 valence electrons. The second kappa shape index (κ2) is 9.43. The maximum Gasteiger partial charge on any atom is 0.456 e. The monoisotopic (exact) mass is 501 g/mol. The Morgan fingerprint density at radius 1 is 1.06 bits per heavy atom. The van der Waals surface area contributed by atoms with Crippen LogP contribution in [0.4, 0.5) is 22.0 Å². The van der Waals surface area contributed by atoms with Gasteiger partial charge in [-0.05, 0) is 32.4 Å². The molecule has 35 heavy (non-hydrogen) atoms. The molecule has 0 aliphatic carbocycles. The number of carbonyl (C=O) groups is 1. The first-order valence-electron chi connectivity index (χ1n) is 9.99. The van der Waals surface area contributed by atoms with Crippen molar-refractivity contribution in [3.8, 4) is 34.5 Å². The molecule has 3 heterocycles. The number of aryl methyl sites for hydroxylation is 1. The standard InChI is InChI=1S/C21H20F5N5O4/c1-11-6-15(34-9-19(2,3)17(32)33)28-8-13(11)12-4-5-14(27-7-12)16-29-18(31-30-16)35-10-20(22,23)21(24,25)26/h4-8H,9-10H2,1-3H3,(H,32,33)(H,29,30,31). The molecule has 0 saturated heterocycles. The summed E-state index contributed by atoms with van der Waals surface area (Å²) in [6.07, 6.45) is -2.74. The number of halogens is 5. The van der Waals surface area contributed by atoms with Gasteiger partial charge in [-0.15, -0.1) is 5.10 Å². The number of aliphatic carboxylic acids is 1. The molecule has 0 fully saturated rings. The molecule has 9 nitrogen and oxygen atoms in total. The summed E-state index contributed by atoms with van der Waals surface area (Å²) in [5.74, 6) is -5.79. The normalized spacial score (nSPS) is 12.5. The molecule has 0 aromatic carbocycles. The summed E-state index contributed by atoms with van der Waals surface area (Å²) in [4.78, 5) is 23.3. The number of ether oxygens (including phenoxy) is 2. The van der Waals surface area contributed by atoms with Crippen LogP contribution in [-0.2, 0) is 4.79 Å². The molecule has 0 spiro atoms. The highest BCUT2D eigenvalue weighted by Gasteiger charge is 2.58. The zero-order valence-electron chi connectivity index (χ0n) is 18.7.